The van der Waals surface area contributed by atoms with Crippen LogP contribution in [-0.2, 0) is 24.4 Å². The van der Waals surface area contributed by atoms with Gasteiger partial charge in [-0.3, -0.25) is 9.38 Å². The standard InChI is InChI=1S/C18H18N8O3/c1-2-12-4-3-5-22-14(12)10-28-15-6-11(8-23-25-20)9-26-16(18(27)29-21)13(7-19)24-17(15)26/h3-7,9,19H,2,8,10,21H2,1H3. The summed E-state index contributed by atoms with van der Waals surface area (Å²) in [5.41, 5.74) is 11.3. The van der Waals surface area contributed by atoms with Gasteiger partial charge in [-0.1, -0.05) is 18.1 Å². The van der Waals surface area contributed by atoms with Crippen LogP contribution in [0.4, 0.5) is 0 Å². The number of nitrogens with two attached hydrogens (primary N) is 1. The average Bonchev–Trinajstić information content (AvgIpc) is 3.14. The zero-order valence-electron chi connectivity index (χ0n) is 15.6. The Hall–Kier alpha value is -3.95. The number of aromatic nitrogens is 3. The molecule has 0 fully saturated rings. The molecule has 3 heterocycles. The molecule has 0 saturated carbocycles. The summed E-state index contributed by atoms with van der Waals surface area (Å²) in [4.78, 5) is 27.8. The fourth-order valence-corrected chi connectivity index (χ4v) is 2.92. The SMILES string of the molecule is CCc1cccnc1COc1cc(CN=[N+]=[N-])cn2c(C(=O)ON)c(C=N)nc12. The number of aryl methyl sites for hydroxylation is 1. The largest absolute Gasteiger partial charge is 0.483 e. The first-order valence-electron chi connectivity index (χ1n) is 8.65. The van der Waals surface area contributed by atoms with Crippen molar-refractivity contribution in [2.45, 2.75) is 26.5 Å². The van der Waals surface area contributed by atoms with E-state index < -0.39 is 5.97 Å². The second-order valence-corrected chi connectivity index (χ2v) is 5.94. The normalized spacial score (nSPS) is 10.4. The van der Waals surface area contributed by atoms with Gasteiger partial charge < -0.3 is 15.0 Å². The predicted molar refractivity (Wildman–Crippen MR) is 103 cm³/mol. The molecule has 0 atom stereocenters. The van der Waals surface area contributed by atoms with E-state index in [1.165, 1.54) is 4.40 Å². The maximum absolute atomic E-state index is 12.1. The van der Waals surface area contributed by atoms with Gasteiger partial charge in [0.2, 0.25) is 0 Å². The van der Waals surface area contributed by atoms with E-state index in [1.54, 1.807) is 18.5 Å². The van der Waals surface area contributed by atoms with Crippen molar-refractivity contribution in [1.82, 2.24) is 14.4 Å². The molecule has 0 bridgehead atoms. The van der Waals surface area contributed by atoms with Gasteiger partial charge >= 0.3 is 5.97 Å². The molecule has 0 radical (unpaired) electrons. The molecule has 3 rings (SSSR count). The smallest absolute Gasteiger partial charge is 0.376 e. The zero-order valence-corrected chi connectivity index (χ0v) is 15.6. The number of carbonyl (C=O) groups is 1. The van der Waals surface area contributed by atoms with E-state index in [-0.39, 0.29) is 24.5 Å². The van der Waals surface area contributed by atoms with Gasteiger partial charge in [0, 0.05) is 23.5 Å². The number of nitrogens with zero attached hydrogens (tertiary/aromatic N) is 6. The van der Waals surface area contributed by atoms with E-state index in [1.807, 2.05) is 19.1 Å². The Morgan fingerprint density at radius 3 is 3.03 bits per heavy atom. The molecule has 0 aliphatic carbocycles. The van der Waals surface area contributed by atoms with Crippen molar-refractivity contribution in [3.05, 3.63) is 69.2 Å². The summed E-state index contributed by atoms with van der Waals surface area (Å²) >= 11 is 0. The Bertz CT molecular complexity index is 1120. The van der Waals surface area contributed by atoms with Crippen LogP contribution in [0, 0.1) is 5.41 Å². The fraction of sp³-hybridized carbons (Fsp3) is 0.222. The monoisotopic (exact) mass is 394 g/mol. The molecule has 0 unspecified atom stereocenters. The third-order valence-electron chi connectivity index (χ3n) is 4.25. The maximum Gasteiger partial charge on any atom is 0.376 e. The van der Waals surface area contributed by atoms with Crippen LogP contribution in [0.15, 0.2) is 35.7 Å². The lowest BCUT2D eigenvalue weighted by Gasteiger charge is -2.11. The molecule has 29 heavy (non-hydrogen) atoms. The van der Waals surface area contributed by atoms with Gasteiger partial charge in [-0.2, -0.15) is 5.90 Å². The molecule has 3 N–H and O–H groups in total. The van der Waals surface area contributed by atoms with E-state index >= 15 is 0 Å². The number of pyridine rings is 2. The van der Waals surface area contributed by atoms with Gasteiger partial charge in [0.05, 0.1) is 12.2 Å². The Kier molecular flexibility index (Phi) is 6.03. The van der Waals surface area contributed by atoms with Gasteiger partial charge in [-0.05, 0) is 35.2 Å². The molecular formula is C18H18N8O3. The van der Waals surface area contributed by atoms with Crippen molar-refractivity contribution in [2.75, 3.05) is 0 Å². The summed E-state index contributed by atoms with van der Waals surface area (Å²) in [6.07, 6.45) is 4.96. The minimum absolute atomic E-state index is 0.0296. The molecule has 0 aliphatic rings. The molecule has 11 heteroatoms. The summed E-state index contributed by atoms with van der Waals surface area (Å²) in [5.74, 6) is 4.50. The molecule has 0 aliphatic heterocycles. The summed E-state index contributed by atoms with van der Waals surface area (Å²) in [6.45, 7) is 2.23. The summed E-state index contributed by atoms with van der Waals surface area (Å²) in [7, 11) is 0. The lowest BCUT2D eigenvalue weighted by molar-refractivity contribution is 0.0495. The van der Waals surface area contributed by atoms with Crippen LogP contribution < -0.4 is 10.6 Å². The van der Waals surface area contributed by atoms with Crippen LogP contribution in [0.5, 0.6) is 5.75 Å². The third-order valence-corrected chi connectivity index (χ3v) is 4.25. The number of azide groups is 1. The zero-order chi connectivity index (χ0) is 20.8. The van der Waals surface area contributed by atoms with Crippen molar-refractivity contribution in [1.29, 1.82) is 5.41 Å². The number of rotatable bonds is 8. The number of imidazole rings is 1. The highest BCUT2D eigenvalue weighted by Gasteiger charge is 2.22. The highest BCUT2D eigenvalue weighted by molar-refractivity contribution is 5.97. The molecule has 0 aromatic carbocycles. The molecule has 0 saturated heterocycles. The molecular weight excluding hydrogens is 376 g/mol. The quantitative estimate of drug-likeness (QED) is 0.196. The second-order valence-electron chi connectivity index (χ2n) is 5.94. The Balaban J connectivity index is 2.11. The first kappa shape index (κ1) is 19.8. The lowest BCUT2D eigenvalue weighted by Crippen LogP contribution is -2.14. The third kappa shape index (κ3) is 4.00. The predicted octanol–water partition coefficient (Wildman–Crippen LogP) is 2.71. The second kappa shape index (κ2) is 8.83. The van der Waals surface area contributed by atoms with Gasteiger partial charge in [0.25, 0.3) is 0 Å². The lowest BCUT2D eigenvalue weighted by atomic mass is 10.1. The number of hydrogen-bond donors (Lipinski definition) is 2. The first-order valence-corrected chi connectivity index (χ1v) is 8.65. The van der Waals surface area contributed by atoms with Gasteiger partial charge in [-0.15, -0.1) is 0 Å². The van der Waals surface area contributed by atoms with Crippen molar-refractivity contribution in [2.24, 2.45) is 11.0 Å². The summed E-state index contributed by atoms with van der Waals surface area (Å²) in [5, 5.41) is 11.1. The van der Waals surface area contributed by atoms with Gasteiger partial charge in [0.1, 0.15) is 12.3 Å². The van der Waals surface area contributed by atoms with Crippen LogP contribution in [0.3, 0.4) is 0 Å². The van der Waals surface area contributed by atoms with Crippen molar-refractivity contribution < 1.29 is 14.4 Å². The molecule has 3 aromatic rings. The van der Waals surface area contributed by atoms with E-state index in [0.29, 0.717) is 17.0 Å². The van der Waals surface area contributed by atoms with Crippen molar-refractivity contribution in [3.63, 3.8) is 0 Å². The summed E-state index contributed by atoms with van der Waals surface area (Å²) < 4.78 is 7.36. The van der Waals surface area contributed by atoms with E-state index in [0.717, 1.165) is 23.9 Å². The van der Waals surface area contributed by atoms with E-state index in [4.69, 9.17) is 21.6 Å². The van der Waals surface area contributed by atoms with Gasteiger partial charge in [0.15, 0.2) is 17.1 Å². The maximum atomic E-state index is 12.1. The molecule has 3 aromatic heterocycles. The minimum Gasteiger partial charge on any atom is -0.483 e. The van der Waals surface area contributed by atoms with Crippen molar-refractivity contribution >= 4 is 17.8 Å². The average molecular weight is 394 g/mol. The van der Waals surface area contributed by atoms with Gasteiger partial charge in [-0.25, -0.2) is 9.78 Å². The van der Waals surface area contributed by atoms with Crippen LogP contribution in [0.2, 0.25) is 0 Å². The highest BCUT2D eigenvalue weighted by Crippen LogP contribution is 2.26. The van der Waals surface area contributed by atoms with Crippen LogP contribution >= 0.6 is 0 Å². The molecule has 0 spiro atoms. The number of ether oxygens (including phenoxy) is 1. The summed E-state index contributed by atoms with van der Waals surface area (Å²) in [6, 6.07) is 5.49. The van der Waals surface area contributed by atoms with E-state index in [9.17, 15) is 4.79 Å². The molecule has 11 nitrogen and oxygen atoms in total. The van der Waals surface area contributed by atoms with Crippen LogP contribution in [-0.4, -0.2) is 26.6 Å². The molecule has 0 amide bonds. The molecule has 148 valence electrons. The number of carbonyl (C=O) groups excluding carboxylic acids is 1. The topological polar surface area (TPSA) is 164 Å². The number of nitrogens with one attached hydrogen (secondary N) is 1. The Morgan fingerprint density at radius 1 is 1.52 bits per heavy atom. The first-order chi connectivity index (χ1) is 14.1. The van der Waals surface area contributed by atoms with E-state index in [2.05, 4.69) is 24.8 Å². The van der Waals surface area contributed by atoms with Crippen LogP contribution in [0.1, 0.15) is 39.9 Å². The minimum atomic E-state index is -0.860. The highest BCUT2D eigenvalue weighted by atomic mass is 16.7. The Labute approximate surface area is 165 Å². The number of fused-ring (bicyclic) bond motifs is 1. The van der Waals surface area contributed by atoms with Crippen molar-refractivity contribution in [3.8, 4) is 5.75 Å². The Morgan fingerprint density at radius 2 is 2.34 bits per heavy atom. The van der Waals surface area contributed by atoms with Crippen LogP contribution in [0.25, 0.3) is 16.1 Å². The fourth-order valence-electron chi connectivity index (χ4n) is 2.92. The number of hydrogen-bond acceptors (Lipinski definition) is 8.